The van der Waals surface area contributed by atoms with E-state index in [1.807, 2.05) is 18.2 Å². The van der Waals surface area contributed by atoms with Crippen molar-refractivity contribution in [3.05, 3.63) is 35.9 Å². The zero-order valence-corrected chi connectivity index (χ0v) is 14.1. The van der Waals surface area contributed by atoms with E-state index in [4.69, 9.17) is 0 Å². The van der Waals surface area contributed by atoms with Crippen LogP contribution in [0.15, 0.2) is 30.3 Å². The van der Waals surface area contributed by atoms with Gasteiger partial charge in [0.05, 0.1) is 6.54 Å². The summed E-state index contributed by atoms with van der Waals surface area (Å²) >= 11 is 0. The van der Waals surface area contributed by atoms with Crippen LogP contribution >= 0.6 is 0 Å². The van der Waals surface area contributed by atoms with Crippen molar-refractivity contribution in [1.29, 1.82) is 0 Å². The average molecular weight is 290 g/mol. The summed E-state index contributed by atoms with van der Waals surface area (Å²) in [6.45, 7) is 12.0. The minimum absolute atomic E-state index is 0.0681. The number of carbonyl (C=O) groups is 1. The van der Waals surface area contributed by atoms with Gasteiger partial charge in [0, 0.05) is 12.6 Å². The van der Waals surface area contributed by atoms with Crippen LogP contribution in [-0.2, 0) is 4.79 Å². The third kappa shape index (κ3) is 7.86. The molecule has 1 unspecified atom stereocenters. The molecule has 0 aliphatic heterocycles. The standard InChI is InChI=1S/C18H30N2O/c1-14(2)12-20-17(21)13-19-16(11-18(3,4)5)15-9-7-6-8-10-15/h6-10,14,16,19H,11-13H2,1-5H3,(H,20,21). The van der Waals surface area contributed by atoms with Crippen molar-refractivity contribution in [1.82, 2.24) is 10.6 Å². The van der Waals surface area contributed by atoms with Crippen molar-refractivity contribution < 1.29 is 4.79 Å². The van der Waals surface area contributed by atoms with E-state index in [1.54, 1.807) is 0 Å². The highest BCUT2D eigenvalue weighted by Crippen LogP contribution is 2.29. The van der Waals surface area contributed by atoms with Crippen LogP contribution in [0.25, 0.3) is 0 Å². The van der Waals surface area contributed by atoms with Gasteiger partial charge in [0.2, 0.25) is 5.91 Å². The fourth-order valence-corrected chi connectivity index (χ4v) is 2.20. The van der Waals surface area contributed by atoms with Gasteiger partial charge in [-0.25, -0.2) is 0 Å². The zero-order valence-electron chi connectivity index (χ0n) is 14.1. The molecule has 0 spiro atoms. The molecule has 0 saturated carbocycles. The first kappa shape index (κ1) is 17.7. The average Bonchev–Trinajstić information content (AvgIpc) is 2.41. The van der Waals surface area contributed by atoms with Crippen molar-refractivity contribution in [2.24, 2.45) is 11.3 Å². The van der Waals surface area contributed by atoms with Gasteiger partial charge in [-0.3, -0.25) is 4.79 Å². The van der Waals surface area contributed by atoms with Crippen LogP contribution in [0.1, 0.15) is 52.6 Å². The second-order valence-electron chi connectivity index (χ2n) is 7.31. The summed E-state index contributed by atoms with van der Waals surface area (Å²) in [5.74, 6) is 0.548. The van der Waals surface area contributed by atoms with Crippen LogP contribution in [0, 0.1) is 11.3 Å². The first-order valence-electron chi connectivity index (χ1n) is 7.83. The molecule has 21 heavy (non-hydrogen) atoms. The van der Waals surface area contributed by atoms with Gasteiger partial charge in [0.25, 0.3) is 0 Å². The lowest BCUT2D eigenvalue weighted by molar-refractivity contribution is -0.120. The lowest BCUT2D eigenvalue weighted by atomic mass is 9.85. The molecular formula is C18H30N2O. The van der Waals surface area contributed by atoms with E-state index in [-0.39, 0.29) is 17.4 Å². The normalized spacial score (nSPS) is 13.2. The fraction of sp³-hybridized carbons (Fsp3) is 0.611. The molecular weight excluding hydrogens is 260 g/mol. The molecule has 118 valence electrons. The molecule has 1 aromatic rings. The zero-order chi connectivity index (χ0) is 15.9. The number of nitrogens with one attached hydrogen (secondary N) is 2. The molecule has 0 aromatic heterocycles. The summed E-state index contributed by atoms with van der Waals surface area (Å²) in [7, 11) is 0. The van der Waals surface area contributed by atoms with Gasteiger partial charge < -0.3 is 10.6 Å². The molecule has 3 heteroatoms. The van der Waals surface area contributed by atoms with Crippen molar-refractivity contribution in [3.63, 3.8) is 0 Å². The van der Waals surface area contributed by atoms with Gasteiger partial charge in [0.1, 0.15) is 0 Å². The maximum absolute atomic E-state index is 11.9. The number of carbonyl (C=O) groups excluding carboxylic acids is 1. The summed E-state index contributed by atoms with van der Waals surface area (Å²) in [5.41, 5.74) is 1.45. The minimum atomic E-state index is 0.0681. The monoisotopic (exact) mass is 290 g/mol. The minimum Gasteiger partial charge on any atom is -0.355 e. The highest BCUT2D eigenvalue weighted by molar-refractivity contribution is 5.78. The van der Waals surface area contributed by atoms with Crippen molar-refractivity contribution in [2.45, 2.75) is 47.1 Å². The first-order chi connectivity index (χ1) is 9.78. The van der Waals surface area contributed by atoms with Gasteiger partial charge in [-0.2, -0.15) is 0 Å². The molecule has 0 aliphatic carbocycles. The van der Waals surface area contributed by atoms with Gasteiger partial charge in [-0.1, -0.05) is 65.0 Å². The van der Waals surface area contributed by atoms with E-state index in [9.17, 15) is 4.79 Å². The molecule has 0 bridgehead atoms. The molecule has 0 heterocycles. The van der Waals surface area contributed by atoms with Crippen LogP contribution in [0.4, 0.5) is 0 Å². The van der Waals surface area contributed by atoms with Crippen LogP contribution in [-0.4, -0.2) is 19.0 Å². The Morgan fingerprint density at radius 3 is 2.29 bits per heavy atom. The van der Waals surface area contributed by atoms with Gasteiger partial charge in [-0.15, -0.1) is 0 Å². The number of amides is 1. The first-order valence-corrected chi connectivity index (χ1v) is 7.83. The molecule has 0 fully saturated rings. The van der Waals surface area contributed by atoms with Crippen LogP contribution in [0.2, 0.25) is 0 Å². The molecule has 0 saturated heterocycles. The molecule has 2 N–H and O–H groups in total. The Hall–Kier alpha value is -1.35. The second kappa shape index (κ2) is 8.18. The number of hydrogen-bond acceptors (Lipinski definition) is 2. The van der Waals surface area contributed by atoms with Crippen LogP contribution < -0.4 is 10.6 Å². The predicted octanol–water partition coefficient (Wildman–Crippen LogP) is 3.53. The number of rotatable bonds is 7. The Labute approximate surface area is 129 Å². The van der Waals surface area contributed by atoms with Crippen LogP contribution in [0.5, 0.6) is 0 Å². The lowest BCUT2D eigenvalue weighted by Crippen LogP contribution is -2.38. The van der Waals surface area contributed by atoms with Crippen molar-refractivity contribution in [3.8, 4) is 0 Å². The Balaban J connectivity index is 2.60. The van der Waals surface area contributed by atoms with Gasteiger partial charge in [-0.05, 0) is 23.3 Å². The van der Waals surface area contributed by atoms with E-state index in [0.717, 1.165) is 13.0 Å². The van der Waals surface area contributed by atoms with E-state index < -0.39 is 0 Å². The second-order valence-corrected chi connectivity index (χ2v) is 7.31. The molecule has 0 aliphatic rings. The SMILES string of the molecule is CC(C)CNC(=O)CNC(CC(C)(C)C)c1ccccc1. The van der Waals surface area contributed by atoms with Gasteiger partial charge in [0.15, 0.2) is 0 Å². The highest BCUT2D eigenvalue weighted by Gasteiger charge is 2.20. The summed E-state index contributed by atoms with van der Waals surface area (Å²) in [6.07, 6.45) is 0.995. The Morgan fingerprint density at radius 1 is 1.14 bits per heavy atom. The van der Waals surface area contributed by atoms with E-state index in [1.165, 1.54) is 5.56 Å². The maximum atomic E-state index is 11.9. The van der Waals surface area contributed by atoms with E-state index >= 15 is 0 Å². The predicted molar refractivity (Wildman–Crippen MR) is 89.1 cm³/mol. The van der Waals surface area contributed by atoms with E-state index in [2.05, 4.69) is 57.4 Å². The lowest BCUT2D eigenvalue weighted by Gasteiger charge is -2.27. The third-order valence-corrected chi connectivity index (χ3v) is 3.23. The summed E-state index contributed by atoms with van der Waals surface area (Å²) in [6, 6.07) is 10.6. The molecule has 1 atom stereocenters. The van der Waals surface area contributed by atoms with Crippen LogP contribution in [0.3, 0.4) is 0 Å². The number of hydrogen-bond donors (Lipinski definition) is 2. The molecule has 0 radical (unpaired) electrons. The largest absolute Gasteiger partial charge is 0.355 e. The van der Waals surface area contributed by atoms with Crippen molar-refractivity contribution >= 4 is 5.91 Å². The smallest absolute Gasteiger partial charge is 0.233 e. The van der Waals surface area contributed by atoms with Gasteiger partial charge >= 0.3 is 0 Å². The molecule has 1 amide bonds. The highest BCUT2D eigenvalue weighted by atomic mass is 16.1. The Bertz CT molecular complexity index is 421. The molecule has 1 aromatic carbocycles. The quantitative estimate of drug-likeness (QED) is 0.806. The van der Waals surface area contributed by atoms with Crippen molar-refractivity contribution in [2.75, 3.05) is 13.1 Å². The number of benzene rings is 1. The molecule has 3 nitrogen and oxygen atoms in total. The van der Waals surface area contributed by atoms with E-state index in [0.29, 0.717) is 12.5 Å². The Morgan fingerprint density at radius 2 is 1.76 bits per heavy atom. The third-order valence-electron chi connectivity index (χ3n) is 3.23. The topological polar surface area (TPSA) is 41.1 Å². The maximum Gasteiger partial charge on any atom is 0.233 e. The fourth-order valence-electron chi connectivity index (χ4n) is 2.20. The summed E-state index contributed by atoms with van der Waals surface area (Å²) in [4.78, 5) is 11.9. The summed E-state index contributed by atoms with van der Waals surface area (Å²) < 4.78 is 0. The Kier molecular flexibility index (Phi) is 6.90. The molecule has 1 rings (SSSR count). The summed E-state index contributed by atoms with van der Waals surface area (Å²) in [5, 5.41) is 6.35.